The molecule has 0 bridgehead atoms. The molecule has 0 aliphatic carbocycles. The van der Waals surface area contributed by atoms with Gasteiger partial charge in [0.25, 0.3) is 5.91 Å². The zero-order valence-electron chi connectivity index (χ0n) is 17.1. The Balaban J connectivity index is 1.43. The molecule has 1 amide bonds. The van der Waals surface area contributed by atoms with E-state index in [0.29, 0.717) is 24.3 Å². The number of carbonyl (C=O) groups is 1. The van der Waals surface area contributed by atoms with Gasteiger partial charge in [0.05, 0.1) is 24.2 Å². The van der Waals surface area contributed by atoms with Crippen LogP contribution in [0.2, 0.25) is 0 Å². The second kappa shape index (κ2) is 8.71. The van der Waals surface area contributed by atoms with Crippen LogP contribution in [-0.2, 0) is 11.3 Å². The molecular weight excluding hydrogens is 383 g/mol. The fraction of sp³-hybridized carbons (Fsp3) is 0.292. The normalized spacial score (nSPS) is 19.0. The van der Waals surface area contributed by atoms with E-state index < -0.39 is 0 Å². The number of halogens is 1. The number of morpholine rings is 1. The average molecular weight is 408 g/mol. The highest BCUT2D eigenvalue weighted by Crippen LogP contribution is 2.26. The third-order valence-electron chi connectivity index (χ3n) is 5.18. The van der Waals surface area contributed by atoms with Crippen molar-refractivity contribution >= 4 is 11.6 Å². The van der Waals surface area contributed by atoms with E-state index >= 15 is 0 Å². The summed E-state index contributed by atoms with van der Waals surface area (Å²) in [7, 11) is 0. The Labute approximate surface area is 175 Å². The van der Waals surface area contributed by atoms with Crippen LogP contribution in [0.3, 0.4) is 0 Å². The van der Waals surface area contributed by atoms with Crippen molar-refractivity contribution in [2.75, 3.05) is 18.0 Å². The predicted molar refractivity (Wildman–Crippen MR) is 114 cm³/mol. The molecule has 1 aliphatic heterocycles. The molecule has 30 heavy (non-hydrogen) atoms. The van der Waals surface area contributed by atoms with E-state index in [1.54, 1.807) is 12.1 Å². The van der Waals surface area contributed by atoms with Gasteiger partial charge in [-0.15, -0.1) is 0 Å². The van der Waals surface area contributed by atoms with E-state index in [4.69, 9.17) is 9.15 Å². The molecule has 2 heterocycles. The van der Waals surface area contributed by atoms with Crippen LogP contribution in [0.25, 0.3) is 11.1 Å². The standard InChI is InChI=1S/C24H25FN2O3/c1-16-14-27(15-17(2)30-16)22-9-8-18(12-21(22)25)13-26-24(28)23-20(10-11-29-23)19-6-4-3-5-7-19/h3-12,16-17H,13-15H2,1-2H3,(H,26,28). The Morgan fingerprint density at radius 1 is 1.10 bits per heavy atom. The highest BCUT2D eigenvalue weighted by Gasteiger charge is 2.24. The van der Waals surface area contributed by atoms with Gasteiger partial charge in [0.2, 0.25) is 0 Å². The van der Waals surface area contributed by atoms with Crippen molar-refractivity contribution in [1.29, 1.82) is 0 Å². The molecular formula is C24H25FN2O3. The molecule has 6 heteroatoms. The van der Waals surface area contributed by atoms with Crippen molar-refractivity contribution in [3.05, 3.63) is 78.0 Å². The molecule has 1 aliphatic rings. The van der Waals surface area contributed by atoms with Crippen LogP contribution >= 0.6 is 0 Å². The quantitative estimate of drug-likeness (QED) is 0.669. The minimum atomic E-state index is -0.334. The lowest BCUT2D eigenvalue weighted by atomic mass is 10.1. The van der Waals surface area contributed by atoms with Crippen LogP contribution < -0.4 is 10.2 Å². The molecule has 0 spiro atoms. The SMILES string of the molecule is CC1CN(c2ccc(CNC(=O)c3occc3-c3ccccc3)cc2F)CC(C)O1. The molecule has 1 N–H and O–H groups in total. The van der Waals surface area contributed by atoms with Gasteiger partial charge in [-0.3, -0.25) is 4.79 Å². The lowest BCUT2D eigenvalue weighted by Crippen LogP contribution is -2.45. The summed E-state index contributed by atoms with van der Waals surface area (Å²) in [6, 6.07) is 16.4. The fourth-order valence-corrected chi connectivity index (χ4v) is 3.88. The maximum absolute atomic E-state index is 14.8. The van der Waals surface area contributed by atoms with E-state index in [9.17, 15) is 9.18 Å². The van der Waals surface area contributed by atoms with E-state index in [0.717, 1.165) is 11.1 Å². The summed E-state index contributed by atoms with van der Waals surface area (Å²) in [5.41, 5.74) is 2.88. The molecule has 1 saturated heterocycles. The first kappa shape index (κ1) is 20.2. The largest absolute Gasteiger partial charge is 0.459 e. The Morgan fingerprint density at radius 2 is 1.83 bits per heavy atom. The topological polar surface area (TPSA) is 54.7 Å². The van der Waals surface area contributed by atoms with E-state index in [1.807, 2.05) is 55.1 Å². The summed E-state index contributed by atoms with van der Waals surface area (Å²) in [6.07, 6.45) is 1.61. The van der Waals surface area contributed by atoms with Gasteiger partial charge in [0, 0.05) is 25.2 Å². The molecule has 3 aromatic rings. The van der Waals surface area contributed by atoms with E-state index in [1.165, 1.54) is 12.3 Å². The van der Waals surface area contributed by atoms with Gasteiger partial charge in [-0.1, -0.05) is 36.4 Å². The van der Waals surface area contributed by atoms with Crippen molar-refractivity contribution < 1.29 is 18.3 Å². The number of anilines is 1. The summed E-state index contributed by atoms with van der Waals surface area (Å²) in [6.45, 7) is 5.49. The summed E-state index contributed by atoms with van der Waals surface area (Å²) in [5, 5.41) is 2.82. The van der Waals surface area contributed by atoms with Gasteiger partial charge in [-0.05, 0) is 43.2 Å². The molecule has 4 rings (SSSR count). The molecule has 156 valence electrons. The number of furan rings is 1. The molecule has 1 aromatic heterocycles. The van der Waals surface area contributed by atoms with Gasteiger partial charge in [0.1, 0.15) is 5.82 Å². The first-order chi connectivity index (χ1) is 14.5. The van der Waals surface area contributed by atoms with Crippen molar-refractivity contribution in [1.82, 2.24) is 5.32 Å². The maximum atomic E-state index is 14.8. The summed E-state index contributed by atoms with van der Waals surface area (Å²) >= 11 is 0. The Kier molecular flexibility index (Phi) is 5.86. The fourth-order valence-electron chi connectivity index (χ4n) is 3.88. The summed E-state index contributed by atoms with van der Waals surface area (Å²) in [4.78, 5) is 14.6. The molecule has 2 atom stereocenters. The monoisotopic (exact) mass is 408 g/mol. The van der Waals surface area contributed by atoms with E-state index in [-0.39, 0.29) is 36.2 Å². The molecule has 0 saturated carbocycles. The second-order valence-electron chi connectivity index (χ2n) is 7.66. The van der Waals surface area contributed by atoms with Crippen molar-refractivity contribution in [2.45, 2.75) is 32.6 Å². The van der Waals surface area contributed by atoms with Gasteiger partial charge in [-0.2, -0.15) is 0 Å². The number of hydrogen-bond acceptors (Lipinski definition) is 4. The van der Waals surface area contributed by atoms with Gasteiger partial charge in [0.15, 0.2) is 5.76 Å². The smallest absolute Gasteiger partial charge is 0.287 e. The van der Waals surface area contributed by atoms with Crippen LogP contribution in [0.15, 0.2) is 65.3 Å². The second-order valence-corrected chi connectivity index (χ2v) is 7.66. The molecule has 0 radical (unpaired) electrons. The zero-order valence-corrected chi connectivity index (χ0v) is 17.1. The van der Waals surface area contributed by atoms with Gasteiger partial charge in [-0.25, -0.2) is 4.39 Å². The molecule has 2 aromatic carbocycles. The van der Waals surface area contributed by atoms with Crippen molar-refractivity contribution in [3.63, 3.8) is 0 Å². The number of ether oxygens (including phenoxy) is 1. The Bertz CT molecular complexity index is 1010. The zero-order chi connectivity index (χ0) is 21.1. The number of nitrogens with zero attached hydrogens (tertiary/aromatic N) is 1. The minimum Gasteiger partial charge on any atom is -0.459 e. The Hall–Kier alpha value is -3.12. The van der Waals surface area contributed by atoms with Crippen molar-refractivity contribution in [2.24, 2.45) is 0 Å². The minimum absolute atomic E-state index is 0.0548. The number of hydrogen-bond donors (Lipinski definition) is 1. The molecule has 1 fully saturated rings. The van der Waals surface area contributed by atoms with Crippen LogP contribution in [-0.4, -0.2) is 31.2 Å². The van der Waals surface area contributed by atoms with Crippen LogP contribution in [0.1, 0.15) is 30.0 Å². The molecule has 2 unspecified atom stereocenters. The van der Waals surface area contributed by atoms with Crippen LogP contribution in [0, 0.1) is 5.82 Å². The lowest BCUT2D eigenvalue weighted by Gasteiger charge is -2.37. The highest BCUT2D eigenvalue weighted by molar-refractivity contribution is 5.98. The first-order valence-corrected chi connectivity index (χ1v) is 10.1. The van der Waals surface area contributed by atoms with Gasteiger partial charge >= 0.3 is 0 Å². The van der Waals surface area contributed by atoms with Gasteiger partial charge < -0.3 is 19.4 Å². The number of rotatable bonds is 5. The van der Waals surface area contributed by atoms with E-state index in [2.05, 4.69) is 5.32 Å². The predicted octanol–water partition coefficient (Wildman–Crippen LogP) is 4.63. The molecule has 5 nitrogen and oxygen atoms in total. The average Bonchev–Trinajstić information content (AvgIpc) is 3.22. The third-order valence-corrected chi connectivity index (χ3v) is 5.18. The highest BCUT2D eigenvalue weighted by atomic mass is 19.1. The number of nitrogens with one attached hydrogen (secondary N) is 1. The maximum Gasteiger partial charge on any atom is 0.287 e. The Morgan fingerprint density at radius 3 is 2.53 bits per heavy atom. The third kappa shape index (κ3) is 4.39. The summed E-state index contributed by atoms with van der Waals surface area (Å²) < 4.78 is 25.9. The van der Waals surface area contributed by atoms with Crippen molar-refractivity contribution in [3.8, 4) is 11.1 Å². The number of benzene rings is 2. The first-order valence-electron chi connectivity index (χ1n) is 10.1. The van der Waals surface area contributed by atoms with Crippen LogP contribution in [0.4, 0.5) is 10.1 Å². The lowest BCUT2D eigenvalue weighted by molar-refractivity contribution is -0.00539. The summed E-state index contributed by atoms with van der Waals surface area (Å²) in [5.74, 6) is -0.389. The van der Waals surface area contributed by atoms with Crippen LogP contribution in [0.5, 0.6) is 0 Å². The number of carbonyl (C=O) groups excluding carboxylic acids is 1. The number of amides is 1.